The maximum absolute atomic E-state index is 5.81. The lowest BCUT2D eigenvalue weighted by Gasteiger charge is -2.32. The summed E-state index contributed by atoms with van der Waals surface area (Å²) in [6, 6.07) is 13.2. The number of nitrogens with one attached hydrogen (secondary N) is 2. The molecule has 1 aromatic carbocycles. The molecule has 0 amide bonds. The molecule has 32 heavy (non-hydrogen) atoms. The van der Waals surface area contributed by atoms with Crippen molar-refractivity contribution in [3.8, 4) is 11.5 Å². The molecule has 4 N–H and O–H groups in total. The summed E-state index contributed by atoms with van der Waals surface area (Å²) < 4.78 is 5.42. The summed E-state index contributed by atoms with van der Waals surface area (Å²) in [5.41, 5.74) is 7.30. The Labute approximate surface area is 189 Å². The highest BCUT2D eigenvalue weighted by atomic mass is 32.2. The fourth-order valence-corrected chi connectivity index (χ4v) is 4.04. The number of anilines is 4. The minimum absolute atomic E-state index is 0.435. The molecule has 1 aliphatic heterocycles. The summed E-state index contributed by atoms with van der Waals surface area (Å²) in [5.74, 6) is 2.38. The standard InChI is InChI=1S/C21H23N9OS/c1-29-8-10-30(11-9-29)20-24-19(23-18-13-16(27-28-18)17-3-2-12-31-17)25-21(26-20)32-15-6-4-14(22)5-7-15/h2-7,12-13H,8-11,22H2,1H3,(H2,23,24,25,26,27,28). The van der Waals surface area contributed by atoms with E-state index < -0.39 is 0 Å². The molecule has 4 aromatic rings. The first kappa shape index (κ1) is 20.3. The van der Waals surface area contributed by atoms with E-state index in [0.717, 1.165) is 42.5 Å². The van der Waals surface area contributed by atoms with Gasteiger partial charge in [-0.25, -0.2) is 0 Å². The zero-order chi connectivity index (χ0) is 21.9. The molecule has 0 bridgehead atoms. The number of likely N-dealkylation sites (N-methyl/N-ethyl adjacent to an activating group) is 1. The maximum atomic E-state index is 5.81. The van der Waals surface area contributed by atoms with Crippen molar-refractivity contribution in [1.29, 1.82) is 0 Å². The SMILES string of the molecule is CN1CCN(c2nc(Nc3cc(-c4ccco4)[nH]n3)nc(Sc3ccc(N)cc3)n2)CC1. The van der Waals surface area contributed by atoms with Crippen molar-refractivity contribution in [3.63, 3.8) is 0 Å². The lowest BCUT2D eigenvalue weighted by molar-refractivity contribution is 0.311. The number of hydrogen-bond acceptors (Lipinski definition) is 10. The molecule has 1 fully saturated rings. The number of nitrogens with zero attached hydrogens (tertiary/aromatic N) is 6. The minimum atomic E-state index is 0.435. The molecule has 11 heteroatoms. The van der Waals surface area contributed by atoms with Crippen LogP contribution in [0.3, 0.4) is 0 Å². The Balaban J connectivity index is 1.42. The van der Waals surface area contributed by atoms with Crippen molar-refractivity contribution in [1.82, 2.24) is 30.0 Å². The summed E-state index contributed by atoms with van der Waals surface area (Å²) in [5, 5.41) is 11.1. The first-order valence-corrected chi connectivity index (χ1v) is 11.0. The Morgan fingerprint density at radius 3 is 2.62 bits per heavy atom. The van der Waals surface area contributed by atoms with Crippen LogP contribution in [-0.2, 0) is 0 Å². The smallest absolute Gasteiger partial charge is 0.234 e. The Bertz CT molecular complexity index is 1170. The van der Waals surface area contributed by atoms with Crippen molar-refractivity contribution >= 4 is 35.2 Å². The van der Waals surface area contributed by atoms with E-state index in [9.17, 15) is 0 Å². The van der Waals surface area contributed by atoms with E-state index in [1.54, 1.807) is 6.26 Å². The van der Waals surface area contributed by atoms with Gasteiger partial charge in [0.25, 0.3) is 0 Å². The molecule has 0 aliphatic carbocycles. The third-order valence-corrected chi connectivity index (χ3v) is 5.96. The average molecular weight is 450 g/mol. The van der Waals surface area contributed by atoms with Crippen molar-refractivity contribution in [2.75, 3.05) is 49.2 Å². The Morgan fingerprint density at radius 2 is 1.88 bits per heavy atom. The fourth-order valence-electron chi connectivity index (χ4n) is 3.29. The number of nitrogen functional groups attached to an aromatic ring is 1. The van der Waals surface area contributed by atoms with Gasteiger partial charge in [-0.3, -0.25) is 5.10 Å². The van der Waals surface area contributed by atoms with Crippen LogP contribution >= 0.6 is 11.8 Å². The molecule has 1 aliphatic rings. The van der Waals surface area contributed by atoms with Gasteiger partial charge in [0.15, 0.2) is 16.7 Å². The lowest BCUT2D eigenvalue weighted by atomic mass is 10.3. The normalized spacial score (nSPS) is 14.6. The van der Waals surface area contributed by atoms with Crippen LogP contribution < -0.4 is 16.0 Å². The van der Waals surface area contributed by atoms with Crippen LogP contribution in [0, 0.1) is 0 Å². The van der Waals surface area contributed by atoms with E-state index in [1.807, 2.05) is 42.5 Å². The molecule has 0 saturated carbocycles. The highest BCUT2D eigenvalue weighted by Crippen LogP contribution is 2.28. The summed E-state index contributed by atoms with van der Waals surface area (Å²) in [4.78, 5) is 19.5. The molecule has 0 atom stereocenters. The van der Waals surface area contributed by atoms with Crippen LogP contribution in [0.4, 0.5) is 23.4 Å². The summed E-state index contributed by atoms with van der Waals surface area (Å²) in [6.07, 6.45) is 1.62. The van der Waals surface area contributed by atoms with E-state index >= 15 is 0 Å². The topological polar surface area (TPSA) is 125 Å². The van der Waals surface area contributed by atoms with Gasteiger partial charge in [0, 0.05) is 42.8 Å². The predicted molar refractivity (Wildman–Crippen MR) is 124 cm³/mol. The van der Waals surface area contributed by atoms with Gasteiger partial charge in [0.1, 0.15) is 5.69 Å². The first-order valence-electron chi connectivity index (χ1n) is 10.2. The molecule has 1 saturated heterocycles. The summed E-state index contributed by atoms with van der Waals surface area (Å²) in [6.45, 7) is 3.63. The Kier molecular flexibility index (Phi) is 5.65. The molecular formula is C21H23N9OS. The number of aromatic amines is 1. The second kappa shape index (κ2) is 8.89. The lowest BCUT2D eigenvalue weighted by Crippen LogP contribution is -2.45. The van der Waals surface area contributed by atoms with Crippen LogP contribution in [0.1, 0.15) is 0 Å². The van der Waals surface area contributed by atoms with Crippen LogP contribution in [0.15, 0.2) is 63.2 Å². The van der Waals surface area contributed by atoms with Gasteiger partial charge >= 0.3 is 0 Å². The third-order valence-electron chi connectivity index (χ3n) is 5.08. The largest absolute Gasteiger partial charge is 0.463 e. The number of H-pyrrole nitrogens is 1. The number of aromatic nitrogens is 5. The summed E-state index contributed by atoms with van der Waals surface area (Å²) in [7, 11) is 2.12. The van der Waals surface area contributed by atoms with E-state index in [-0.39, 0.29) is 0 Å². The zero-order valence-corrected chi connectivity index (χ0v) is 18.3. The minimum Gasteiger partial charge on any atom is -0.463 e. The van der Waals surface area contributed by atoms with Gasteiger partial charge in [0.05, 0.1) is 6.26 Å². The van der Waals surface area contributed by atoms with E-state index in [2.05, 4.69) is 42.3 Å². The number of nitrogens with two attached hydrogens (primary N) is 1. The van der Waals surface area contributed by atoms with Gasteiger partial charge < -0.3 is 25.3 Å². The highest BCUT2D eigenvalue weighted by molar-refractivity contribution is 7.99. The zero-order valence-electron chi connectivity index (χ0n) is 17.5. The molecule has 5 rings (SSSR count). The van der Waals surface area contributed by atoms with Gasteiger partial charge in [-0.2, -0.15) is 20.1 Å². The number of hydrogen-bond donors (Lipinski definition) is 3. The van der Waals surface area contributed by atoms with Crippen LogP contribution in [0.2, 0.25) is 0 Å². The van der Waals surface area contributed by atoms with Crippen molar-refractivity contribution < 1.29 is 4.42 Å². The van der Waals surface area contributed by atoms with Gasteiger partial charge in [-0.15, -0.1) is 0 Å². The second-order valence-electron chi connectivity index (χ2n) is 7.47. The number of benzene rings is 1. The number of furan rings is 1. The molecule has 3 aromatic heterocycles. The van der Waals surface area contributed by atoms with Crippen LogP contribution in [0.25, 0.3) is 11.5 Å². The fraction of sp³-hybridized carbons (Fsp3) is 0.238. The van der Waals surface area contributed by atoms with Crippen molar-refractivity contribution in [2.45, 2.75) is 10.1 Å². The van der Waals surface area contributed by atoms with E-state index in [0.29, 0.717) is 28.6 Å². The van der Waals surface area contributed by atoms with E-state index in [1.165, 1.54) is 11.8 Å². The maximum Gasteiger partial charge on any atom is 0.234 e. The number of rotatable bonds is 6. The molecular weight excluding hydrogens is 426 g/mol. The highest BCUT2D eigenvalue weighted by Gasteiger charge is 2.19. The summed E-state index contributed by atoms with van der Waals surface area (Å²) >= 11 is 1.46. The quantitative estimate of drug-likeness (QED) is 0.378. The van der Waals surface area contributed by atoms with Crippen molar-refractivity contribution in [2.24, 2.45) is 0 Å². The molecule has 0 spiro atoms. The van der Waals surface area contributed by atoms with E-state index in [4.69, 9.17) is 15.1 Å². The van der Waals surface area contributed by atoms with Crippen molar-refractivity contribution in [3.05, 3.63) is 48.7 Å². The molecule has 0 radical (unpaired) electrons. The second-order valence-corrected chi connectivity index (χ2v) is 8.51. The third kappa shape index (κ3) is 4.68. The van der Waals surface area contributed by atoms with Crippen LogP contribution in [-0.4, -0.2) is 63.3 Å². The molecule has 10 nitrogen and oxygen atoms in total. The first-order chi connectivity index (χ1) is 15.6. The predicted octanol–water partition coefficient (Wildman–Crippen LogP) is 3.08. The Morgan fingerprint density at radius 1 is 1.06 bits per heavy atom. The number of piperazine rings is 1. The Hall–Kier alpha value is -3.57. The van der Waals surface area contributed by atoms with Crippen LogP contribution in [0.5, 0.6) is 0 Å². The van der Waals surface area contributed by atoms with Gasteiger partial charge in [-0.05, 0) is 55.2 Å². The molecule has 0 unspecified atom stereocenters. The molecule has 164 valence electrons. The monoisotopic (exact) mass is 449 g/mol. The van der Waals surface area contributed by atoms with Gasteiger partial charge in [0.2, 0.25) is 11.9 Å². The van der Waals surface area contributed by atoms with Gasteiger partial charge in [-0.1, -0.05) is 0 Å². The molecule has 4 heterocycles. The average Bonchev–Trinajstić information content (AvgIpc) is 3.48.